The zero-order valence-corrected chi connectivity index (χ0v) is 19.3. The average molecular weight is 453 g/mol. The number of rotatable bonds is 10. The van der Waals surface area contributed by atoms with E-state index in [4.69, 9.17) is 4.74 Å². The lowest BCUT2D eigenvalue weighted by Crippen LogP contribution is -2.29. The number of ether oxygens (including phenoxy) is 1. The largest absolute Gasteiger partial charge is 0.497 e. The number of amides is 2. The van der Waals surface area contributed by atoms with E-state index in [-0.39, 0.29) is 29.5 Å². The van der Waals surface area contributed by atoms with Crippen molar-refractivity contribution in [1.82, 2.24) is 9.78 Å². The SMILES string of the molecule is COc1ccc(NC(=O)Cn2cc(NC(=O)C(SCc3ccccc3)C(C)C)cn2)cc1. The third-order valence-electron chi connectivity index (χ3n) is 4.72. The quantitative estimate of drug-likeness (QED) is 0.475. The van der Waals surface area contributed by atoms with Gasteiger partial charge in [0.15, 0.2) is 0 Å². The lowest BCUT2D eigenvalue weighted by atomic mass is 10.1. The fourth-order valence-corrected chi connectivity index (χ4v) is 4.24. The molecule has 3 aromatic rings. The molecule has 1 atom stereocenters. The fraction of sp³-hybridized carbons (Fsp3) is 0.292. The van der Waals surface area contributed by atoms with E-state index in [0.717, 1.165) is 11.5 Å². The fourth-order valence-electron chi connectivity index (χ4n) is 3.08. The predicted octanol–water partition coefficient (Wildman–Crippen LogP) is 4.43. The van der Waals surface area contributed by atoms with Crippen LogP contribution in [0.2, 0.25) is 0 Å². The Balaban J connectivity index is 1.53. The summed E-state index contributed by atoms with van der Waals surface area (Å²) in [5, 5.41) is 9.73. The molecular weight excluding hydrogens is 424 g/mol. The molecular formula is C24H28N4O3S. The van der Waals surface area contributed by atoms with Crippen molar-refractivity contribution in [3.05, 3.63) is 72.6 Å². The molecule has 2 N–H and O–H groups in total. The maximum Gasteiger partial charge on any atom is 0.246 e. The third kappa shape index (κ3) is 6.88. The monoisotopic (exact) mass is 452 g/mol. The van der Waals surface area contributed by atoms with Gasteiger partial charge in [-0.2, -0.15) is 5.10 Å². The van der Waals surface area contributed by atoms with Crippen LogP contribution in [0.15, 0.2) is 67.0 Å². The Hall–Kier alpha value is -3.26. The Morgan fingerprint density at radius 1 is 1.03 bits per heavy atom. The number of anilines is 2. The van der Waals surface area contributed by atoms with E-state index in [9.17, 15) is 9.59 Å². The minimum atomic E-state index is -0.213. The second-order valence-corrected chi connectivity index (χ2v) is 8.78. The second-order valence-electron chi connectivity index (χ2n) is 7.65. The first-order valence-electron chi connectivity index (χ1n) is 10.4. The van der Waals surface area contributed by atoms with Gasteiger partial charge in [-0.25, -0.2) is 0 Å². The first-order valence-corrected chi connectivity index (χ1v) is 11.4. The Bertz CT molecular complexity index is 1020. The second kappa shape index (κ2) is 11.4. The number of thioether (sulfide) groups is 1. The van der Waals surface area contributed by atoms with E-state index in [0.29, 0.717) is 11.4 Å². The molecule has 0 fully saturated rings. The number of carbonyl (C=O) groups excluding carboxylic acids is 2. The molecule has 0 aliphatic rings. The lowest BCUT2D eigenvalue weighted by Gasteiger charge is -2.19. The molecule has 1 unspecified atom stereocenters. The Morgan fingerprint density at radius 3 is 2.41 bits per heavy atom. The molecule has 0 aliphatic heterocycles. The summed E-state index contributed by atoms with van der Waals surface area (Å²) in [5.41, 5.74) is 2.43. The molecule has 2 aromatic carbocycles. The number of hydrogen-bond donors (Lipinski definition) is 2. The van der Waals surface area contributed by atoms with Crippen molar-refractivity contribution < 1.29 is 14.3 Å². The summed E-state index contributed by atoms with van der Waals surface area (Å²) < 4.78 is 6.61. The molecule has 1 aromatic heterocycles. The first kappa shape index (κ1) is 23.4. The van der Waals surface area contributed by atoms with Crippen LogP contribution in [-0.4, -0.2) is 34.0 Å². The van der Waals surface area contributed by atoms with Gasteiger partial charge in [-0.1, -0.05) is 44.2 Å². The molecule has 0 radical (unpaired) electrons. The molecule has 168 valence electrons. The van der Waals surface area contributed by atoms with Crippen molar-refractivity contribution in [2.24, 2.45) is 5.92 Å². The number of nitrogens with one attached hydrogen (secondary N) is 2. The lowest BCUT2D eigenvalue weighted by molar-refractivity contribution is -0.117. The molecule has 2 amide bonds. The molecule has 7 nitrogen and oxygen atoms in total. The van der Waals surface area contributed by atoms with Gasteiger partial charge in [0.2, 0.25) is 11.8 Å². The Kier molecular flexibility index (Phi) is 8.33. The van der Waals surface area contributed by atoms with Gasteiger partial charge < -0.3 is 15.4 Å². The molecule has 0 spiro atoms. The van der Waals surface area contributed by atoms with E-state index >= 15 is 0 Å². The number of aromatic nitrogens is 2. The number of benzene rings is 2. The molecule has 0 saturated heterocycles. The van der Waals surface area contributed by atoms with E-state index in [1.165, 1.54) is 10.2 Å². The summed E-state index contributed by atoms with van der Waals surface area (Å²) in [4.78, 5) is 25.1. The van der Waals surface area contributed by atoms with Gasteiger partial charge in [0.1, 0.15) is 12.3 Å². The summed E-state index contributed by atoms with van der Waals surface area (Å²) in [7, 11) is 1.59. The zero-order valence-electron chi connectivity index (χ0n) is 18.4. The van der Waals surface area contributed by atoms with Crippen molar-refractivity contribution in [2.45, 2.75) is 31.4 Å². The Morgan fingerprint density at radius 2 is 1.75 bits per heavy atom. The van der Waals surface area contributed by atoms with Gasteiger partial charge in [0.25, 0.3) is 0 Å². The Labute approximate surface area is 192 Å². The maximum absolute atomic E-state index is 12.8. The minimum absolute atomic E-state index is 0.0399. The zero-order chi connectivity index (χ0) is 22.9. The number of nitrogens with zero attached hydrogens (tertiary/aromatic N) is 2. The normalized spacial score (nSPS) is 11.8. The van der Waals surface area contributed by atoms with Crippen LogP contribution in [0.4, 0.5) is 11.4 Å². The summed E-state index contributed by atoms with van der Waals surface area (Å²) in [6.07, 6.45) is 3.21. The van der Waals surface area contributed by atoms with Gasteiger partial charge >= 0.3 is 0 Å². The summed E-state index contributed by atoms with van der Waals surface area (Å²) in [6.45, 7) is 4.11. The van der Waals surface area contributed by atoms with Gasteiger partial charge in [-0.05, 0) is 35.7 Å². The number of hydrogen-bond acceptors (Lipinski definition) is 5. The van der Waals surface area contributed by atoms with Crippen LogP contribution in [-0.2, 0) is 21.9 Å². The number of methoxy groups -OCH3 is 1. The summed E-state index contributed by atoms with van der Waals surface area (Å²) in [5.74, 6) is 1.38. The third-order valence-corrected chi connectivity index (χ3v) is 6.33. The van der Waals surface area contributed by atoms with Crippen LogP contribution in [0.3, 0.4) is 0 Å². The first-order chi connectivity index (χ1) is 15.4. The molecule has 32 heavy (non-hydrogen) atoms. The van der Waals surface area contributed by atoms with Crippen molar-refractivity contribution >= 4 is 35.0 Å². The van der Waals surface area contributed by atoms with Crippen molar-refractivity contribution in [1.29, 1.82) is 0 Å². The highest BCUT2D eigenvalue weighted by Gasteiger charge is 2.23. The predicted molar refractivity (Wildman–Crippen MR) is 129 cm³/mol. The standard InChI is InChI=1S/C24H28N4O3S/c1-17(2)23(32-16-18-7-5-4-6-8-18)24(30)27-20-13-25-28(14-20)15-22(29)26-19-9-11-21(31-3)12-10-19/h4-14,17,23H,15-16H2,1-3H3,(H,26,29)(H,27,30). The van der Waals surface area contributed by atoms with Gasteiger partial charge in [0.05, 0.1) is 24.2 Å². The smallest absolute Gasteiger partial charge is 0.246 e. The highest BCUT2D eigenvalue weighted by molar-refractivity contribution is 7.99. The molecule has 0 aliphatic carbocycles. The van der Waals surface area contributed by atoms with Crippen LogP contribution < -0.4 is 15.4 Å². The summed E-state index contributed by atoms with van der Waals surface area (Å²) in [6, 6.07) is 17.2. The van der Waals surface area contributed by atoms with Crippen LogP contribution in [0, 0.1) is 5.92 Å². The average Bonchev–Trinajstić information content (AvgIpc) is 3.21. The number of carbonyl (C=O) groups is 2. The van der Waals surface area contributed by atoms with Gasteiger partial charge in [-0.15, -0.1) is 11.8 Å². The minimum Gasteiger partial charge on any atom is -0.497 e. The van der Waals surface area contributed by atoms with Crippen molar-refractivity contribution in [3.63, 3.8) is 0 Å². The van der Waals surface area contributed by atoms with Crippen LogP contribution in [0.25, 0.3) is 0 Å². The molecule has 3 rings (SSSR count). The highest BCUT2D eigenvalue weighted by Crippen LogP contribution is 2.25. The van der Waals surface area contributed by atoms with Crippen LogP contribution >= 0.6 is 11.8 Å². The van der Waals surface area contributed by atoms with Crippen LogP contribution in [0.5, 0.6) is 5.75 Å². The molecule has 0 bridgehead atoms. The molecule has 1 heterocycles. The van der Waals surface area contributed by atoms with Gasteiger partial charge in [0, 0.05) is 17.6 Å². The topological polar surface area (TPSA) is 85.2 Å². The van der Waals surface area contributed by atoms with E-state index in [1.807, 2.05) is 32.0 Å². The summed E-state index contributed by atoms with van der Waals surface area (Å²) >= 11 is 1.62. The highest BCUT2D eigenvalue weighted by atomic mass is 32.2. The van der Waals surface area contributed by atoms with E-state index < -0.39 is 0 Å². The van der Waals surface area contributed by atoms with Gasteiger partial charge in [-0.3, -0.25) is 14.3 Å². The van der Waals surface area contributed by atoms with Crippen molar-refractivity contribution in [3.8, 4) is 5.75 Å². The molecule has 8 heteroatoms. The molecule has 0 saturated carbocycles. The van der Waals surface area contributed by atoms with Crippen molar-refractivity contribution in [2.75, 3.05) is 17.7 Å². The van der Waals surface area contributed by atoms with Crippen LogP contribution in [0.1, 0.15) is 19.4 Å². The maximum atomic E-state index is 12.8. The van der Waals surface area contributed by atoms with E-state index in [1.54, 1.807) is 55.5 Å². The van der Waals surface area contributed by atoms with E-state index in [2.05, 4.69) is 27.9 Å².